The quantitative estimate of drug-likeness (QED) is 0.740. The van der Waals surface area contributed by atoms with Gasteiger partial charge in [-0.15, -0.1) is 0 Å². The van der Waals surface area contributed by atoms with Gasteiger partial charge in [0.15, 0.2) is 0 Å². The van der Waals surface area contributed by atoms with E-state index in [0.29, 0.717) is 11.6 Å². The molecule has 0 radical (unpaired) electrons. The second-order valence-corrected chi connectivity index (χ2v) is 5.19. The van der Waals surface area contributed by atoms with Crippen molar-refractivity contribution in [2.45, 2.75) is 6.61 Å². The molecule has 3 rings (SSSR count). The van der Waals surface area contributed by atoms with Crippen LogP contribution in [0.3, 0.4) is 0 Å². The molecule has 0 aliphatic carbocycles. The van der Waals surface area contributed by atoms with Crippen LogP contribution in [0, 0.1) is 0 Å². The highest BCUT2D eigenvalue weighted by molar-refractivity contribution is 6.30. The second kappa shape index (κ2) is 5.10. The molecule has 0 saturated heterocycles. The van der Waals surface area contributed by atoms with Crippen LogP contribution in [0.1, 0.15) is 5.56 Å². The lowest BCUT2D eigenvalue weighted by Gasteiger charge is -2.06. The Bertz CT molecular complexity index is 747. The first-order valence-corrected chi connectivity index (χ1v) is 6.74. The minimum Gasteiger partial charge on any atom is -0.489 e. The Labute approximate surface area is 122 Å². The number of hydrogen-bond acceptors (Lipinski definition) is 2. The van der Waals surface area contributed by atoms with Gasteiger partial charge in [0.25, 0.3) is 0 Å². The van der Waals surface area contributed by atoms with Crippen LogP contribution in [0.25, 0.3) is 10.9 Å². The highest BCUT2D eigenvalue weighted by atomic mass is 35.5. The van der Waals surface area contributed by atoms with Crippen molar-refractivity contribution in [3.8, 4) is 5.75 Å². The minimum absolute atomic E-state index is 0.479. The van der Waals surface area contributed by atoms with Gasteiger partial charge in [-0.25, -0.2) is 0 Å². The van der Waals surface area contributed by atoms with Gasteiger partial charge in [0.1, 0.15) is 12.4 Å². The molecule has 0 fully saturated rings. The summed E-state index contributed by atoms with van der Waals surface area (Å²) in [6.45, 7) is 0.479. The number of nitrogens with zero attached hydrogens (tertiary/aromatic N) is 1. The molecule has 0 amide bonds. The maximum Gasteiger partial charge on any atom is 0.119 e. The number of fused-ring (bicyclic) bond motifs is 1. The van der Waals surface area contributed by atoms with Crippen molar-refractivity contribution >= 4 is 28.2 Å². The van der Waals surface area contributed by atoms with E-state index in [2.05, 4.69) is 16.8 Å². The number of rotatable bonds is 3. The number of aryl methyl sites for hydroxylation is 1. The van der Waals surface area contributed by atoms with E-state index in [1.54, 1.807) is 0 Å². The van der Waals surface area contributed by atoms with E-state index in [9.17, 15) is 0 Å². The third-order valence-corrected chi connectivity index (χ3v) is 3.59. The molecule has 2 N–H and O–H groups in total. The van der Waals surface area contributed by atoms with Gasteiger partial charge in [-0.05, 0) is 36.4 Å². The average molecular weight is 287 g/mol. The molecular weight excluding hydrogens is 272 g/mol. The number of nitrogens with two attached hydrogens (primary N) is 1. The summed E-state index contributed by atoms with van der Waals surface area (Å²) < 4.78 is 7.86. The Hall–Kier alpha value is -2.13. The Morgan fingerprint density at radius 1 is 1.15 bits per heavy atom. The summed E-state index contributed by atoms with van der Waals surface area (Å²) in [6.07, 6.45) is 2.05. The zero-order chi connectivity index (χ0) is 14.1. The lowest BCUT2D eigenvalue weighted by Crippen LogP contribution is -1.95. The zero-order valence-electron chi connectivity index (χ0n) is 11.1. The maximum atomic E-state index is 6.07. The summed E-state index contributed by atoms with van der Waals surface area (Å²) in [5.74, 6) is 0.793. The second-order valence-electron chi connectivity index (χ2n) is 4.75. The van der Waals surface area contributed by atoms with Crippen LogP contribution < -0.4 is 10.5 Å². The zero-order valence-corrected chi connectivity index (χ0v) is 11.9. The molecule has 20 heavy (non-hydrogen) atoms. The van der Waals surface area contributed by atoms with Gasteiger partial charge in [-0.1, -0.05) is 17.7 Å². The molecular formula is C16H15ClN2O. The summed E-state index contributed by atoms with van der Waals surface area (Å²) in [5.41, 5.74) is 9.04. The Kier molecular flexibility index (Phi) is 3.28. The van der Waals surface area contributed by atoms with E-state index in [1.807, 2.05) is 43.4 Å². The molecule has 0 aliphatic rings. The molecule has 1 heterocycles. The van der Waals surface area contributed by atoms with Crippen molar-refractivity contribution in [3.05, 3.63) is 59.2 Å². The molecule has 0 saturated carbocycles. The fourth-order valence-electron chi connectivity index (χ4n) is 2.37. The van der Waals surface area contributed by atoms with E-state index >= 15 is 0 Å². The summed E-state index contributed by atoms with van der Waals surface area (Å²) in [4.78, 5) is 0. The lowest BCUT2D eigenvalue weighted by atomic mass is 10.1. The standard InChI is InChI=1S/C16H15ClN2O/c1-19-9-11(16-14(18)3-2-4-15(16)19)10-20-13-7-5-12(17)6-8-13/h2-9H,10,18H2,1H3. The third-order valence-electron chi connectivity index (χ3n) is 3.33. The summed E-state index contributed by atoms with van der Waals surface area (Å²) in [5, 5.41) is 1.76. The Morgan fingerprint density at radius 3 is 2.65 bits per heavy atom. The molecule has 0 unspecified atom stereocenters. The van der Waals surface area contributed by atoms with Gasteiger partial charge in [-0.3, -0.25) is 0 Å². The van der Waals surface area contributed by atoms with Crippen molar-refractivity contribution in [1.29, 1.82) is 0 Å². The smallest absolute Gasteiger partial charge is 0.119 e. The number of hydrogen-bond donors (Lipinski definition) is 1. The predicted molar refractivity (Wildman–Crippen MR) is 83.1 cm³/mol. The highest BCUT2D eigenvalue weighted by Crippen LogP contribution is 2.27. The minimum atomic E-state index is 0.479. The molecule has 3 aromatic rings. The van der Waals surface area contributed by atoms with Crippen LogP contribution in [0.5, 0.6) is 5.75 Å². The van der Waals surface area contributed by atoms with E-state index in [-0.39, 0.29) is 0 Å². The number of benzene rings is 2. The van der Waals surface area contributed by atoms with Gasteiger partial charge < -0.3 is 15.0 Å². The van der Waals surface area contributed by atoms with Gasteiger partial charge >= 0.3 is 0 Å². The van der Waals surface area contributed by atoms with Crippen LogP contribution in [-0.4, -0.2) is 4.57 Å². The first kappa shape index (κ1) is 12.9. The van der Waals surface area contributed by atoms with Crippen LogP contribution >= 0.6 is 11.6 Å². The van der Waals surface area contributed by atoms with Crippen LogP contribution in [0.2, 0.25) is 5.02 Å². The molecule has 0 atom stereocenters. The Balaban J connectivity index is 1.89. The normalized spacial score (nSPS) is 10.9. The first-order chi connectivity index (χ1) is 9.65. The molecule has 2 aromatic carbocycles. The number of ether oxygens (including phenoxy) is 1. The topological polar surface area (TPSA) is 40.2 Å². The van der Waals surface area contributed by atoms with Crippen LogP contribution in [0.4, 0.5) is 5.69 Å². The third kappa shape index (κ3) is 2.32. The highest BCUT2D eigenvalue weighted by Gasteiger charge is 2.09. The summed E-state index contributed by atoms with van der Waals surface area (Å²) in [6, 6.07) is 13.3. The number of nitrogen functional groups attached to an aromatic ring is 1. The summed E-state index contributed by atoms with van der Waals surface area (Å²) in [7, 11) is 2.01. The largest absolute Gasteiger partial charge is 0.489 e. The SMILES string of the molecule is Cn1cc(COc2ccc(Cl)cc2)c2c(N)cccc21. The Morgan fingerprint density at radius 2 is 1.90 bits per heavy atom. The first-order valence-electron chi connectivity index (χ1n) is 6.36. The monoisotopic (exact) mass is 286 g/mol. The fraction of sp³-hybridized carbons (Fsp3) is 0.125. The summed E-state index contributed by atoms with van der Waals surface area (Å²) >= 11 is 5.86. The van der Waals surface area contributed by atoms with E-state index in [4.69, 9.17) is 22.1 Å². The molecule has 3 nitrogen and oxygen atoms in total. The van der Waals surface area contributed by atoms with Crippen molar-refractivity contribution in [2.75, 3.05) is 5.73 Å². The number of anilines is 1. The van der Waals surface area contributed by atoms with Gasteiger partial charge in [-0.2, -0.15) is 0 Å². The average Bonchev–Trinajstić information content (AvgIpc) is 2.77. The predicted octanol–water partition coefficient (Wildman–Crippen LogP) is 3.99. The molecule has 4 heteroatoms. The van der Waals surface area contributed by atoms with Crippen LogP contribution in [-0.2, 0) is 13.7 Å². The van der Waals surface area contributed by atoms with Gasteiger partial charge in [0.2, 0.25) is 0 Å². The number of halogens is 1. The molecule has 0 bridgehead atoms. The van der Waals surface area contributed by atoms with Crippen molar-refractivity contribution < 1.29 is 4.74 Å². The molecule has 102 valence electrons. The van der Waals surface area contributed by atoms with E-state index in [0.717, 1.165) is 27.9 Å². The molecule has 0 aliphatic heterocycles. The van der Waals surface area contributed by atoms with E-state index in [1.165, 1.54) is 0 Å². The van der Waals surface area contributed by atoms with Crippen molar-refractivity contribution in [1.82, 2.24) is 4.57 Å². The van der Waals surface area contributed by atoms with Crippen molar-refractivity contribution in [2.24, 2.45) is 7.05 Å². The molecule has 1 aromatic heterocycles. The number of aromatic nitrogens is 1. The molecule has 0 spiro atoms. The van der Waals surface area contributed by atoms with Gasteiger partial charge in [0.05, 0.1) is 5.52 Å². The van der Waals surface area contributed by atoms with E-state index < -0.39 is 0 Å². The van der Waals surface area contributed by atoms with Crippen molar-refractivity contribution in [3.63, 3.8) is 0 Å². The maximum absolute atomic E-state index is 6.07. The fourth-order valence-corrected chi connectivity index (χ4v) is 2.50. The van der Waals surface area contributed by atoms with Crippen LogP contribution in [0.15, 0.2) is 48.7 Å². The van der Waals surface area contributed by atoms with Gasteiger partial charge in [0, 0.05) is 34.9 Å². The lowest BCUT2D eigenvalue weighted by molar-refractivity contribution is 0.307.